The number of hydrogen-bond donors (Lipinski definition) is 1. The molecule has 14 heavy (non-hydrogen) atoms. The Kier molecular flexibility index (Phi) is 3.57. The molecule has 0 aromatic heterocycles. The van der Waals surface area contributed by atoms with Crippen LogP contribution in [0.3, 0.4) is 0 Å². The second-order valence-electron chi connectivity index (χ2n) is 3.57. The fraction of sp³-hybridized carbons (Fsp3) is 0.333. The van der Waals surface area contributed by atoms with Crippen molar-refractivity contribution in [3.8, 4) is 0 Å². The van der Waals surface area contributed by atoms with Gasteiger partial charge in [0.1, 0.15) is 0 Å². The Labute approximate surface area is 85.2 Å². The molecule has 0 unspecified atom stereocenters. The van der Waals surface area contributed by atoms with Crippen LogP contribution in [0.2, 0.25) is 0 Å². The molecule has 0 saturated carbocycles. The molecule has 0 amide bonds. The maximum absolute atomic E-state index is 7.31. The van der Waals surface area contributed by atoms with E-state index in [-0.39, 0.29) is 0 Å². The Morgan fingerprint density at radius 3 is 2.50 bits per heavy atom. The van der Waals surface area contributed by atoms with E-state index in [1.165, 1.54) is 11.8 Å². The lowest BCUT2D eigenvalue weighted by Gasteiger charge is -2.07. The Morgan fingerprint density at radius 1 is 1.29 bits per heavy atom. The van der Waals surface area contributed by atoms with Gasteiger partial charge in [0.2, 0.25) is 0 Å². The van der Waals surface area contributed by atoms with E-state index in [4.69, 9.17) is 5.41 Å². The van der Waals surface area contributed by atoms with Crippen molar-refractivity contribution >= 4 is 12.4 Å². The van der Waals surface area contributed by atoms with E-state index in [9.17, 15) is 0 Å². The lowest BCUT2D eigenvalue weighted by atomic mass is 9.98. The molecule has 1 aromatic rings. The van der Waals surface area contributed by atoms with Gasteiger partial charge < -0.3 is 5.41 Å². The smallest absolute Gasteiger partial charge is 0.0287 e. The zero-order chi connectivity index (χ0) is 10.6. The number of aliphatic imine (C=N–C) groups is 1. The second kappa shape index (κ2) is 4.70. The number of rotatable bonds is 3. The molecule has 0 spiro atoms. The lowest BCUT2D eigenvalue weighted by Crippen LogP contribution is -1.95. The van der Waals surface area contributed by atoms with Crippen molar-refractivity contribution in [1.82, 2.24) is 0 Å². The highest BCUT2D eigenvalue weighted by Crippen LogP contribution is 2.17. The predicted octanol–water partition coefficient (Wildman–Crippen LogP) is 2.86. The quantitative estimate of drug-likeness (QED) is 0.708. The molecule has 0 bridgehead atoms. The van der Waals surface area contributed by atoms with Crippen molar-refractivity contribution in [2.45, 2.75) is 19.8 Å². The fourth-order valence-corrected chi connectivity index (χ4v) is 1.33. The van der Waals surface area contributed by atoms with Gasteiger partial charge in [0.15, 0.2) is 0 Å². The highest BCUT2D eigenvalue weighted by atomic mass is 14.6. The van der Waals surface area contributed by atoms with Crippen LogP contribution in [0.4, 0.5) is 0 Å². The van der Waals surface area contributed by atoms with Crippen LogP contribution in [-0.2, 0) is 0 Å². The zero-order valence-corrected chi connectivity index (χ0v) is 8.91. The first-order chi connectivity index (χ1) is 6.69. The van der Waals surface area contributed by atoms with E-state index in [0.29, 0.717) is 5.92 Å². The number of hydrogen-bond acceptors (Lipinski definition) is 2. The molecule has 0 aliphatic heterocycles. The Balaban J connectivity index is 3.17. The van der Waals surface area contributed by atoms with Gasteiger partial charge in [0, 0.05) is 30.6 Å². The van der Waals surface area contributed by atoms with Gasteiger partial charge in [-0.2, -0.15) is 0 Å². The molecule has 1 rings (SSSR count). The molecule has 0 radical (unpaired) electrons. The third kappa shape index (κ3) is 2.28. The van der Waals surface area contributed by atoms with Gasteiger partial charge in [-0.3, -0.25) is 4.99 Å². The summed E-state index contributed by atoms with van der Waals surface area (Å²) in [5.74, 6) is 0.501. The average Bonchev–Trinajstić information content (AvgIpc) is 2.18. The van der Waals surface area contributed by atoms with Crippen LogP contribution in [0.5, 0.6) is 0 Å². The summed E-state index contributed by atoms with van der Waals surface area (Å²) in [4.78, 5) is 3.96. The summed E-state index contributed by atoms with van der Waals surface area (Å²) in [6.45, 7) is 4.30. The minimum atomic E-state index is 0.501. The first kappa shape index (κ1) is 10.6. The summed E-state index contributed by atoms with van der Waals surface area (Å²) >= 11 is 0. The SMILES string of the molecule is CN=Cc1ccc(C(C)C)cc1C=N. The van der Waals surface area contributed by atoms with Crippen LogP contribution in [-0.4, -0.2) is 19.5 Å². The van der Waals surface area contributed by atoms with Crippen LogP contribution in [0.15, 0.2) is 23.2 Å². The van der Waals surface area contributed by atoms with Crippen molar-refractivity contribution in [3.05, 3.63) is 34.9 Å². The first-order valence-corrected chi connectivity index (χ1v) is 4.75. The van der Waals surface area contributed by atoms with E-state index in [2.05, 4.69) is 31.0 Å². The molecule has 0 saturated heterocycles. The van der Waals surface area contributed by atoms with Gasteiger partial charge in [-0.15, -0.1) is 0 Å². The zero-order valence-electron chi connectivity index (χ0n) is 8.91. The molecule has 2 nitrogen and oxygen atoms in total. The van der Waals surface area contributed by atoms with Gasteiger partial charge >= 0.3 is 0 Å². The van der Waals surface area contributed by atoms with Crippen molar-refractivity contribution in [2.75, 3.05) is 7.05 Å². The topological polar surface area (TPSA) is 36.2 Å². The van der Waals surface area contributed by atoms with Crippen LogP contribution in [0, 0.1) is 5.41 Å². The van der Waals surface area contributed by atoms with E-state index in [1.807, 2.05) is 6.07 Å². The van der Waals surface area contributed by atoms with Crippen molar-refractivity contribution in [2.24, 2.45) is 4.99 Å². The molecular formula is C12H16N2. The Bertz CT molecular complexity index is 351. The summed E-state index contributed by atoms with van der Waals surface area (Å²) in [7, 11) is 1.74. The molecule has 2 heteroatoms. The van der Waals surface area contributed by atoms with Crippen LogP contribution in [0.25, 0.3) is 0 Å². The monoisotopic (exact) mass is 188 g/mol. The Hall–Kier alpha value is -1.44. The molecule has 74 valence electrons. The van der Waals surface area contributed by atoms with E-state index in [0.717, 1.165) is 11.1 Å². The first-order valence-electron chi connectivity index (χ1n) is 4.75. The lowest BCUT2D eigenvalue weighted by molar-refractivity contribution is 0.866. The third-order valence-corrected chi connectivity index (χ3v) is 2.20. The Morgan fingerprint density at radius 2 is 2.00 bits per heavy atom. The van der Waals surface area contributed by atoms with E-state index >= 15 is 0 Å². The van der Waals surface area contributed by atoms with Crippen LogP contribution < -0.4 is 0 Å². The highest BCUT2D eigenvalue weighted by Gasteiger charge is 2.02. The summed E-state index contributed by atoms with van der Waals surface area (Å²) in [5, 5.41) is 7.31. The normalized spacial score (nSPS) is 11.1. The van der Waals surface area contributed by atoms with Gasteiger partial charge in [-0.05, 0) is 17.5 Å². The molecule has 0 aliphatic carbocycles. The minimum absolute atomic E-state index is 0.501. The summed E-state index contributed by atoms with van der Waals surface area (Å²) in [5.41, 5.74) is 3.20. The summed E-state index contributed by atoms with van der Waals surface area (Å²) < 4.78 is 0. The largest absolute Gasteiger partial charge is 0.308 e. The van der Waals surface area contributed by atoms with Crippen LogP contribution in [0.1, 0.15) is 36.5 Å². The van der Waals surface area contributed by atoms with E-state index in [1.54, 1.807) is 13.3 Å². The number of benzene rings is 1. The highest BCUT2D eigenvalue weighted by molar-refractivity contribution is 5.93. The second-order valence-corrected chi connectivity index (χ2v) is 3.57. The minimum Gasteiger partial charge on any atom is -0.308 e. The molecule has 1 N–H and O–H groups in total. The van der Waals surface area contributed by atoms with Gasteiger partial charge in [-0.25, -0.2) is 0 Å². The number of nitrogens with zero attached hydrogens (tertiary/aromatic N) is 1. The van der Waals surface area contributed by atoms with Crippen molar-refractivity contribution < 1.29 is 0 Å². The van der Waals surface area contributed by atoms with Gasteiger partial charge in [-0.1, -0.05) is 26.0 Å². The standard InChI is InChI=1S/C12H16N2/c1-9(2)10-4-5-11(8-14-3)12(6-10)7-13/h4-9,13H,1-3H3. The maximum Gasteiger partial charge on any atom is 0.0287 e. The molecular weight excluding hydrogens is 172 g/mol. The van der Waals surface area contributed by atoms with Crippen LogP contribution >= 0.6 is 0 Å². The van der Waals surface area contributed by atoms with Crippen molar-refractivity contribution in [3.63, 3.8) is 0 Å². The average molecular weight is 188 g/mol. The summed E-state index contributed by atoms with van der Waals surface area (Å²) in [6.07, 6.45) is 3.16. The summed E-state index contributed by atoms with van der Waals surface area (Å²) in [6, 6.07) is 6.16. The maximum atomic E-state index is 7.31. The fourth-order valence-electron chi connectivity index (χ4n) is 1.33. The molecule has 0 atom stereocenters. The molecule has 1 aromatic carbocycles. The third-order valence-electron chi connectivity index (χ3n) is 2.20. The van der Waals surface area contributed by atoms with E-state index < -0.39 is 0 Å². The van der Waals surface area contributed by atoms with Gasteiger partial charge in [0.05, 0.1) is 0 Å². The molecule has 0 fully saturated rings. The molecule has 0 aliphatic rings. The molecule has 0 heterocycles. The number of nitrogens with one attached hydrogen (secondary N) is 1. The predicted molar refractivity (Wildman–Crippen MR) is 61.9 cm³/mol. The van der Waals surface area contributed by atoms with Crippen molar-refractivity contribution in [1.29, 1.82) is 5.41 Å². The van der Waals surface area contributed by atoms with Gasteiger partial charge in [0.25, 0.3) is 0 Å².